The first-order valence-corrected chi connectivity index (χ1v) is 10.5. The Labute approximate surface area is 189 Å². The van der Waals surface area contributed by atoms with Crippen LogP contribution in [0.4, 0.5) is 0 Å². The number of rotatable bonds is 8. The lowest BCUT2D eigenvalue weighted by molar-refractivity contribution is -0.238. The molecule has 4 rings (SSSR count). The van der Waals surface area contributed by atoms with E-state index in [4.69, 9.17) is 9.47 Å². The summed E-state index contributed by atoms with van der Waals surface area (Å²) in [5, 5.41) is 49.5. The van der Waals surface area contributed by atoms with Gasteiger partial charge >= 0.3 is 5.97 Å². The standard InChI is InChI=1S/C23H25N3O7/c27-12-17-19(28)18(26-11-16(24-25-26)15-9-5-2-6-10-15)20(29)21(33-17)22(23(30)31)32-13-14-7-3-1-4-8-14/h1-11,17-22,27-29H,12-13H2,(H,30,31)/t17?,18?,19-,20?,21+,22-/m0/s1. The molecular weight excluding hydrogens is 430 g/mol. The molecule has 33 heavy (non-hydrogen) atoms. The molecule has 3 aromatic rings. The highest BCUT2D eigenvalue weighted by molar-refractivity contribution is 5.73. The van der Waals surface area contributed by atoms with E-state index in [0.717, 1.165) is 11.1 Å². The van der Waals surface area contributed by atoms with Gasteiger partial charge in [0.05, 0.1) is 19.4 Å². The number of aliphatic hydroxyl groups is 3. The van der Waals surface area contributed by atoms with Crippen molar-refractivity contribution < 1.29 is 34.7 Å². The topological polar surface area (TPSA) is 147 Å². The van der Waals surface area contributed by atoms with E-state index >= 15 is 0 Å². The number of carbonyl (C=O) groups is 1. The second-order valence-corrected chi connectivity index (χ2v) is 7.80. The Morgan fingerprint density at radius 2 is 1.73 bits per heavy atom. The minimum absolute atomic E-state index is 0.0249. The molecule has 2 aromatic carbocycles. The molecule has 1 aliphatic heterocycles. The van der Waals surface area contributed by atoms with Gasteiger partial charge in [0.25, 0.3) is 0 Å². The maximum absolute atomic E-state index is 12.0. The summed E-state index contributed by atoms with van der Waals surface area (Å²) in [5.41, 5.74) is 2.03. The summed E-state index contributed by atoms with van der Waals surface area (Å²) >= 11 is 0. The van der Waals surface area contributed by atoms with Gasteiger partial charge in [-0.05, 0) is 5.56 Å². The predicted molar refractivity (Wildman–Crippen MR) is 115 cm³/mol. The van der Waals surface area contributed by atoms with Crippen molar-refractivity contribution >= 4 is 5.97 Å². The summed E-state index contributed by atoms with van der Waals surface area (Å²) in [5.74, 6) is -1.34. The van der Waals surface area contributed by atoms with E-state index in [9.17, 15) is 25.2 Å². The lowest BCUT2D eigenvalue weighted by Gasteiger charge is -2.43. The molecule has 1 aliphatic rings. The molecule has 0 spiro atoms. The SMILES string of the molecule is O=C(O)[C@@H](OCc1ccccc1)[C@@H]1OC(CO)[C@H](O)C(n2cc(-c3ccccc3)nn2)C1O. The maximum atomic E-state index is 12.0. The number of hydrogen-bond acceptors (Lipinski definition) is 8. The Bertz CT molecular complexity index is 1050. The predicted octanol–water partition coefficient (Wildman–Crippen LogP) is 0.638. The van der Waals surface area contributed by atoms with Gasteiger partial charge in [-0.15, -0.1) is 5.10 Å². The summed E-state index contributed by atoms with van der Waals surface area (Å²) in [7, 11) is 0. The first-order valence-electron chi connectivity index (χ1n) is 10.5. The highest BCUT2D eigenvalue weighted by atomic mass is 16.6. The van der Waals surface area contributed by atoms with Gasteiger partial charge < -0.3 is 29.9 Å². The minimum atomic E-state index is -1.55. The quantitative estimate of drug-likeness (QED) is 0.384. The van der Waals surface area contributed by atoms with Crippen LogP contribution in [0.2, 0.25) is 0 Å². The molecule has 0 aliphatic carbocycles. The van der Waals surface area contributed by atoms with Gasteiger partial charge in [0.15, 0.2) is 6.10 Å². The Morgan fingerprint density at radius 1 is 1.06 bits per heavy atom. The fourth-order valence-electron chi connectivity index (χ4n) is 3.92. The summed E-state index contributed by atoms with van der Waals surface area (Å²) in [6.07, 6.45) is -5.42. The van der Waals surface area contributed by atoms with Crippen molar-refractivity contribution in [3.05, 3.63) is 72.4 Å². The lowest BCUT2D eigenvalue weighted by Crippen LogP contribution is -2.60. The Kier molecular flexibility index (Phi) is 7.11. The van der Waals surface area contributed by atoms with Gasteiger partial charge in [0.2, 0.25) is 0 Å². The van der Waals surface area contributed by atoms with E-state index in [2.05, 4.69) is 10.3 Å². The van der Waals surface area contributed by atoms with Crippen molar-refractivity contribution in [2.24, 2.45) is 0 Å². The third-order valence-corrected chi connectivity index (χ3v) is 5.63. The number of aliphatic carboxylic acids is 1. The van der Waals surface area contributed by atoms with Gasteiger partial charge in [-0.2, -0.15) is 0 Å². The Balaban J connectivity index is 1.60. The summed E-state index contributed by atoms with van der Waals surface area (Å²) in [6, 6.07) is 17.1. The molecule has 10 nitrogen and oxygen atoms in total. The van der Waals surface area contributed by atoms with Crippen molar-refractivity contribution in [2.75, 3.05) is 6.61 Å². The molecule has 1 saturated heterocycles. The molecule has 3 unspecified atom stereocenters. The van der Waals surface area contributed by atoms with Crippen molar-refractivity contribution in [1.82, 2.24) is 15.0 Å². The molecule has 4 N–H and O–H groups in total. The number of carboxylic acid groups (broad SMARTS) is 1. The fraction of sp³-hybridized carbons (Fsp3) is 0.348. The molecule has 1 fully saturated rings. The van der Waals surface area contributed by atoms with E-state index in [-0.39, 0.29) is 6.61 Å². The average molecular weight is 455 g/mol. The molecular formula is C23H25N3O7. The summed E-state index contributed by atoms with van der Waals surface area (Å²) < 4.78 is 12.5. The number of nitrogens with zero attached hydrogens (tertiary/aromatic N) is 3. The second kappa shape index (κ2) is 10.2. The highest BCUT2D eigenvalue weighted by Crippen LogP contribution is 2.33. The van der Waals surface area contributed by atoms with E-state index in [1.54, 1.807) is 30.5 Å². The number of benzene rings is 2. The molecule has 0 bridgehead atoms. The van der Waals surface area contributed by atoms with Crippen LogP contribution in [-0.4, -0.2) is 78.5 Å². The average Bonchev–Trinajstić information content (AvgIpc) is 3.31. The van der Waals surface area contributed by atoms with E-state index in [0.29, 0.717) is 5.69 Å². The molecule has 1 aromatic heterocycles. The zero-order valence-electron chi connectivity index (χ0n) is 17.6. The molecule has 6 atom stereocenters. The van der Waals surface area contributed by atoms with E-state index < -0.39 is 49.1 Å². The molecule has 174 valence electrons. The van der Waals surface area contributed by atoms with Gasteiger partial charge in [-0.3, -0.25) is 0 Å². The van der Waals surface area contributed by atoms with Crippen LogP contribution >= 0.6 is 0 Å². The van der Waals surface area contributed by atoms with Crippen LogP contribution in [-0.2, 0) is 20.9 Å². The molecule has 10 heteroatoms. The number of carboxylic acids is 1. The van der Waals surface area contributed by atoms with Gasteiger partial charge in [-0.25, -0.2) is 9.48 Å². The zero-order valence-corrected chi connectivity index (χ0v) is 17.6. The first kappa shape index (κ1) is 23.0. The van der Waals surface area contributed by atoms with Gasteiger partial charge in [0.1, 0.15) is 36.2 Å². The van der Waals surface area contributed by atoms with Crippen LogP contribution < -0.4 is 0 Å². The fourth-order valence-corrected chi connectivity index (χ4v) is 3.92. The van der Waals surface area contributed by atoms with Crippen molar-refractivity contribution in [3.63, 3.8) is 0 Å². The number of aromatic nitrogens is 3. The Hall–Kier alpha value is -3.15. The highest BCUT2D eigenvalue weighted by Gasteiger charge is 2.50. The van der Waals surface area contributed by atoms with Gasteiger partial charge in [0, 0.05) is 5.56 Å². The Morgan fingerprint density at radius 3 is 2.36 bits per heavy atom. The van der Waals surface area contributed by atoms with Crippen LogP contribution in [0.15, 0.2) is 66.9 Å². The summed E-state index contributed by atoms with van der Waals surface area (Å²) in [4.78, 5) is 12.0. The minimum Gasteiger partial charge on any atom is -0.479 e. The molecule has 0 radical (unpaired) electrons. The van der Waals surface area contributed by atoms with Crippen molar-refractivity contribution in [3.8, 4) is 11.3 Å². The van der Waals surface area contributed by atoms with Crippen LogP contribution in [0.3, 0.4) is 0 Å². The smallest absolute Gasteiger partial charge is 0.335 e. The maximum Gasteiger partial charge on any atom is 0.335 e. The van der Waals surface area contributed by atoms with Crippen molar-refractivity contribution in [2.45, 2.75) is 43.2 Å². The van der Waals surface area contributed by atoms with Gasteiger partial charge in [-0.1, -0.05) is 65.9 Å². The second-order valence-electron chi connectivity index (χ2n) is 7.80. The molecule has 0 amide bonds. The third-order valence-electron chi connectivity index (χ3n) is 5.63. The normalized spacial score (nSPS) is 26.1. The van der Waals surface area contributed by atoms with E-state index in [1.807, 2.05) is 36.4 Å². The lowest BCUT2D eigenvalue weighted by atomic mass is 9.90. The largest absolute Gasteiger partial charge is 0.479 e. The van der Waals surface area contributed by atoms with Crippen LogP contribution in [0, 0.1) is 0 Å². The van der Waals surface area contributed by atoms with Crippen molar-refractivity contribution in [1.29, 1.82) is 0 Å². The zero-order chi connectivity index (χ0) is 23.4. The summed E-state index contributed by atoms with van der Waals surface area (Å²) in [6.45, 7) is -0.616. The van der Waals surface area contributed by atoms with Crippen LogP contribution in [0.5, 0.6) is 0 Å². The number of ether oxygens (including phenoxy) is 2. The molecule has 0 saturated carbocycles. The number of aliphatic hydroxyl groups excluding tert-OH is 3. The third kappa shape index (κ3) is 4.95. The van der Waals surface area contributed by atoms with Crippen LogP contribution in [0.1, 0.15) is 11.6 Å². The van der Waals surface area contributed by atoms with E-state index in [1.165, 1.54) is 4.68 Å². The number of hydrogen-bond donors (Lipinski definition) is 4. The van der Waals surface area contributed by atoms with Crippen LogP contribution in [0.25, 0.3) is 11.3 Å². The molecule has 2 heterocycles. The monoisotopic (exact) mass is 455 g/mol. The first-order chi connectivity index (χ1) is 16.0.